The van der Waals surface area contributed by atoms with Gasteiger partial charge in [-0.1, -0.05) is 0 Å². The monoisotopic (exact) mass is 416 g/mol. The third-order valence-electron chi connectivity index (χ3n) is 4.48. The summed E-state index contributed by atoms with van der Waals surface area (Å²) in [5.74, 6) is -0.490. The van der Waals surface area contributed by atoms with E-state index >= 15 is 0 Å². The summed E-state index contributed by atoms with van der Waals surface area (Å²) < 4.78 is 48.8. The number of sulfonamides is 1. The average Bonchev–Trinajstić information content (AvgIpc) is 3.33. The van der Waals surface area contributed by atoms with E-state index in [0.717, 1.165) is 0 Å². The molecule has 9 heteroatoms. The highest BCUT2D eigenvalue weighted by atomic mass is 32.2. The van der Waals surface area contributed by atoms with E-state index in [0.29, 0.717) is 41.4 Å². The molecule has 7 nitrogen and oxygen atoms in total. The minimum Gasteiger partial charge on any atom is -0.455 e. The highest BCUT2D eigenvalue weighted by Gasteiger charge is 2.28. The van der Waals surface area contributed by atoms with E-state index in [2.05, 4.69) is 4.98 Å². The van der Waals surface area contributed by atoms with Crippen molar-refractivity contribution >= 4 is 21.7 Å². The molecule has 29 heavy (non-hydrogen) atoms. The van der Waals surface area contributed by atoms with E-state index in [1.807, 2.05) is 0 Å². The number of anilines is 1. The summed E-state index contributed by atoms with van der Waals surface area (Å²) in [6.07, 6.45) is 1.96. The molecular formula is C20H17FN2O5S. The van der Waals surface area contributed by atoms with Crippen molar-refractivity contribution in [2.45, 2.75) is 13.0 Å². The molecule has 0 unspecified atom stereocenters. The molecule has 1 fully saturated rings. The molecule has 0 spiro atoms. The molecule has 3 aromatic rings. The van der Waals surface area contributed by atoms with Crippen LogP contribution in [0.4, 0.5) is 10.1 Å². The van der Waals surface area contributed by atoms with E-state index in [1.165, 1.54) is 34.8 Å². The van der Waals surface area contributed by atoms with E-state index in [-0.39, 0.29) is 18.2 Å². The van der Waals surface area contributed by atoms with Crippen LogP contribution < -0.4 is 4.31 Å². The first-order valence-electron chi connectivity index (χ1n) is 8.90. The van der Waals surface area contributed by atoms with Crippen LogP contribution in [0.1, 0.15) is 22.5 Å². The maximum Gasteiger partial charge on any atom is 0.338 e. The molecule has 0 N–H and O–H groups in total. The highest BCUT2D eigenvalue weighted by Crippen LogP contribution is 2.24. The molecule has 2 heterocycles. The summed E-state index contributed by atoms with van der Waals surface area (Å²) in [5.41, 5.74) is 1.85. The fourth-order valence-corrected chi connectivity index (χ4v) is 4.58. The Balaban J connectivity index is 1.38. The highest BCUT2D eigenvalue weighted by molar-refractivity contribution is 7.93. The number of benzene rings is 2. The first-order valence-corrected chi connectivity index (χ1v) is 10.5. The number of halogens is 1. The van der Waals surface area contributed by atoms with Gasteiger partial charge in [0.1, 0.15) is 24.4 Å². The van der Waals surface area contributed by atoms with Crippen molar-refractivity contribution in [1.29, 1.82) is 0 Å². The number of nitrogens with zero attached hydrogens (tertiary/aromatic N) is 2. The predicted molar refractivity (Wildman–Crippen MR) is 103 cm³/mol. The third-order valence-corrected chi connectivity index (χ3v) is 6.35. The van der Waals surface area contributed by atoms with Gasteiger partial charge in [-0.05, 0) is 55.0 Å². The number of esters is 1. The Morgan fingerprint density at radius 1 is 1.14 bits per heavy atom. The summed E-state index contributed by atoms with van der Waals surface area (Å²) in [6.45, 7) is 0.348. The maximum absolute atomic E-state index is 13.0. The number of rotatable bonds is 5. The molecule has 0 radical (unpaired) electrons. The molecule has 0 saturated carbocycles. The van der Waals surface area contributed by atoms with Crippen LogP contribution in [-0.4, -0.2) is 31.7 Å². The summed E-state index contributed by atoms with van der Waals surface area (Å²) in [6, 6.07) is 11.9. The second-order valence-electron chi connectivity index (χ2n) is 6.52. The third kappa shape index (κ3) is 4.14. The van der Waals surface area contributed by atoms with Crippen LogP contribution in [0.5, 0.6) is 0 Å². The van der Waals surface area contributed by atoms with Crippen LogP contribution in [0, 0.1) is 5.82 Å². The van der Waals surface area contributed by atoms with Gasteiger partial charge in [-0.3, -0.25) is 4.31 Å². The summed E-state index contributed by atoms with van der Waals surface area (Å²) in [7, 11) is -3.26. The fourth-order valence-electron chi connectivity index (χ4n) is 3.01. The van der Waals surface area contributed by atoms with Crippen LogP contribution in [0.3, 0.4) is 0 Å². The SMILES string of the molecule is O=C(OCc1coc(-c2ccc(F)cc2)n1)c1ccc(N2CCCS2(=O)=O)cc1. The smallest absolute Gasteiger partial charge is 0.338 e. The van der Waals surface area contributed by atoms with Crippen molar-refractivity contribution in [3.05, 3.63) is 71.9 Å². The molecular weight excluding hydrogens is 399 g/mol. The lowest BCUT2D eigenvalue weighted by molar-refractivity contribution is 0.0468. The van der Waals surface area contributed by atoms with Gasteiger partial charge in [-0.25, -0.2) is 22.6 Å². The molecule has 0 bridgehead atoms. The fraction of sp³-hybridized carbons (Fsp3) is 0.200. The zero-order chi connectivity index (χ0) is 20.4. The quantitative estimate of drug-likeness (QED) is 0.593. The zero-order valence-electron chi connectivity index (χ0n) is 15.2. The summed E-state index contributed by atoms with van der Waals surface area (Å²) in [4.78, 5) is 16.5. The van der Waals surface area contributed by atoms with Gasteiger partial charge in [-0.15, -0.1) is 0 Å². The van der Waals surface area contributed by atoms with Gasteiger partial charge in [0.15, 0.2) is 0 Å². The number of aromatic nitrogens is 1. The number of oxazole rings is 1. The van der Waals surface area contributed by atoms with Crippen molar-refractivity contribution in [2.24, 2.45) is 0 Å². The molecule has 4 rings (SSSR count). The Kier molecular flexibility index (Phi) is 5.06. The summed E-state index contributed by atoms with van der Waals surface area (Å²) in [5, 5.41) is 0. The van der Waals surface area contributed by atoms with Crippen LogP contribution in [0.15, 0.2) is 59.2 Å². The number of ether oxygens (including phenoxy) is 1. The molecule has 0 amide bonds. The van der Waals surface area contributed by atoms with Crippen molar-refractivity contribution in [2.75, 3.05) is 16.6 Å². The molecule has 1 aliphatic rings. The summed E-state index contributed by atoms with van der Waals surface area (Å²) >= 11 is 0. The number of hydrogen-bond donors (Lipinski definition) is 0. The van der Waals surface area contributed by atoms with Gasteiger partial charge >= 0.3 is 5.97 Å². The second-order valence-corrected chi connectivity index (χ2v) is 8.53. The minimum absolute atomic E-state index is 0.0915. The van der Waals surface area contributed by atoms with Gasteiger partial charge in [0.05, 0.1) is 17.0 Å². The normalized spacial score (nSPS) is 15.4. The first kappa shape index (κ1) is 19.1. The molecule has 1 saturated heterocycles. The number of carbonyl (C=O) groups is 1. The van der Waals surface area contributed by atoms with Gasteiger partial charge in [-0.2, -0.15) is 0 Å². The molecule has 2 aromatic carbocycles. The van der Waals surface area contributed by atoms with Gasteiger partial charge in [0.2, 0.25) is 15.9 Å². The van der Waals surface area contributed by atoms with Crippen molar-refractivity contribution in [1.82, 2.24) is 4.98 Å². The molecule has 0 atom stereocenters. The molecule has 150 valence electrons. The Labute approximate surface area is 166 Å². The van der Waals surface area contributed by atoms with Crippen LogP contribution >= 0.6 is 0 Å². The van der Waals surface area contributed by atoms with E-state index in [9.17, 15) is 17.6 Å². The van der Waals surface area contributed by atoms with E-state index in [4.69, 9.17) is 9.15 Å². The molecule has 0 aliphatic carbocycles. The average molecular weight is 416 g/mol. The lowest BCUT2D eigenvalue weighted by Crippen LogP contribution is -2.25. The van der Waals surface area contributed by atoms with Crippen LogP contribution in [0.25, 0.3) is 11.5 Å². The van der Waals surface area contributed by atoms with Gasteiger partial charge in [0.25, 0.3) is 0 Å². The Morgan fingerprint density at radius 3 is 2.52 bits per heavy atom. The van der Waals surface area contributed by atoms with Crippen LogP contribution in [-0.2, 0) is 21.4 Å². The second kappa shape index (κ2) is 7.67. The predicted octanol–water partition coefficient (Wildman–Crippen LogP) is 3.38. The molecule has 1 aromatic heterocycles. The largest absolute Gasteiger partial charge is 0.455 e. The standard InChI is InChI=1S/C20H17FN2O5S/c21-16-6-2-14(3-7-16)19-22-17(12-27-19)13-28-20(24)15-4-8-18(9-5-15)23-10-1-11-29(23,25)26/h2-9,12H,1,10-11,13H2. The lowest BCUT2D eigenvalue weighted by atomic mass is 10.2. The van der Waals surface area contributed by atoms with Crippen molar-refractivity contribution < 1.29 is 26.8 Å². The first-order chi connectivity index (χ1) is 13.9. The van der Waals surface area contributed by atoms with Crippen LogP contribution in [0.2, 0.25) is 0 Å². The van der Waals surface area contributed by atoms with Crippen molar-refractivity contribution in [3.8, 4) is 11.5 Å². The van der Waals surface area contributed by atoms with E-state index in [1.54, 1.807) is 24.3 Å². The number of carbonyl (C=O) groups excluding carboxylic acids is 1. The minimum atomic E-state index is -3.26. The number of hydrogen-bond acceptors (Lipinski definition) is 6. The molecule has 1 aliphatic heterocycles. The lowest BCUT2D eigenvalue weighted by Gasteiger charge is -2.16. The Hall–Kier alpha value is -3.20. The topological polar surface area (TPSA) is 89.7 Å². The Morgan fingerprint density at radius 2 is 1.86 bits per heavy atom. The van der Waals surface area contributed by atoms with Crippen molar-refractivity contribution in [3.63, 3.8) is 0 Å². The van der Waals surface area contributed by atoms with Gasteiger partial charge in [0, 0.05) is 12.1 Å². The zero-order valence-corrected chi connectivity index (χ0v) is 16.1. The maximum atomic E-state index is 13.0. The van der Waals surface area contributed by atoms with Gasteiger partial charge < -0.3 is 9.15 Å². The van der Waals surface area contributed by atoms with E-state index < -0.39 is 16.0 Å². The Bertz CT molecular complexity index is 1120.